The molecule has 0 radical (unpaired) electrons. The second kappa shape index (κ2) is 8.57. The number of methoxy groups -OCH3 is 3. The van der Waals surface area contributed by atoms with Crippen molar-refractivity contribution in [1.29, 1.82) is 0 Å². The van der Waals surface area contributed by atoms with Crippen LogP contribution < -0.4 is 19.8 Å². The number of rotatable bonds is 5. The molecule has 1 N–H and O–H groups in total. The Hall–Kier alpha value is -3.48. The predicted molar refractivity (Wildman–Crippen MR) is 123 cm³/mol. The van der Waals surface area contributed by atoms with Crippen LogP contribution in [-0.2, 0) is 11.2 Å². The predicted octanol–water partition coefficient (Wildman–Crippen LogP) is 3.68. The van der Waals surface area contributed by atoms with E-state index in [1.807, 2.05) is 44.2 Å². The number of fused-ring (bicyclic) bond motifs is 2. The summed E-state index contributed by atoms with van der Waals surface area (Å²) in [4.78, 5) is 31.2. The molecule has 7 heteroatoms. The van der Waals surface area contributed by atoms with Crippen molar-refractivity contribution in [2.75, 3.05) is 27.9 Å². The molecule has 0 spiro atoms. The zero-order valence-electron chi connectivity index (χ0n) is 19.0. The molecule has 1 aromatic heterocycles. The number of pyridine rings is 1. The minimum Gasteiger partial charge on any atom is -0.497 e. The third kappa shape index (κ3) is 3.68. The van der Waals surface area contributed by atoms with Crippen LogP contribution >= 0.6 is 0 Å². The van der Waals surface area contributed by atoms with Gasteiger partial charge in [0, 0.05) is 24.1 Å². The molecule has 3 aromatic rings. The molecule has 2 aromatic carbocycles. The lowest BCUT2D eigenvalue weighted by atomic mass is 9.87. The van der Waals surface area contributed by atoms with Gasteiger partial charge < -0.3 is 24.1 Å². The van der Waals surface area contributed by atoms with E-state index in [4.69, 9.17) is 14.2 Å². The number of aromatic nitrogens is 1. The van der Waals surface area contributed by atoms with Crippen molar-refractivity contribution >= 4 is 16.8 Å². The van der Waals surface area contributed by atoms with Gasteiger partial charge in [0.2, 0.25) is 5.91 Å². The number of amides is 1. The molecule has 2 heterocycles. The fraction of sp³-hybridized carbons (Fsp3) is 0.360. The molecule has 32 heavy (non-hydrogen) atoms. The smallest absolute Gasteiger partial charge is 0.254 e. The molecule has 7 nitrogen and oxygen atoms in total. The summed E-state index contributed by atoms with van der Waals surface area (Å²) in [5, 5.41) is 0.866. The van der Waals surface area contributed by atoms with Crippen LogP contribution in [0.25, 0.3) is 10.9 Å². The van der Waals surface area contributed by atoms with Crippen molar-refractivity contribution in [3.8, 4) is 17.2 Å². The van der Waals surface area contributed by atoms with Gasteiger partial charge in [-0.3, -0.25) is 9.59 Å². The van der Waals surface area contributed by atoms with E-state index in [2.05, 4.69) is 4.98 Å². The molecule has 4 rings (SSSR count). The van der Waals surface area contributed by atoms with E-state index in [0.717, 1.165) is 16.5 Å². The maximum atomic E-state index is 13.3. The van der Waals surface area contributed by atoms with Gasteiger partial charge in [0.05, 0.1) is 32.9 Å². The number of hydrogen-bond acceptors (Lipinski definition) is 5. The van der Waals surface area contributed by atoms with Crippen LogP contribution in [0.4, 0.5) is 0 Å². The van der Waals surface area contributed by atoms with Crippen LogP contribution in [-0.4, -0.2) is 43.7 Å². The van der Waals surface area contributed by atoms with E-state index in [9.17, 15) is 9.59 Å². The first-order valence-electron chi connectivity index (χ1n) is 10.6. The Morgan fingerprint density at radius 3 is 2.38 bits per heavy atom. The summed E-state index contributed by atoms with van der Waals surface area (Å²) in [6.07, 6.45) is 0.674. The van der Waals surface area contributed by atoms with Crippen molar-refractivity contribution < 1.29 is 19.0 Å². The summed E-state index contributed by atoms with van der Waals surface area (Å²) in [6, 6.07) is 10.7. The fourth-order valence-electron chi connectivity index (χ4n) is 4.38. The quantitative estimate of drug-likeness (QED) is 0.660. The average Bonchev–Trinajstić information content (AvgIpc) is 2.81. The van der Waals surface area contributed by atoms with E-state index in [0.29, 0.717) is 41.3 Å². The fourth-order valence-corrected chi connectivity index (χ4v) is 4.38. The van der Waals surface area contributed by atoms with Gasteiger partial charge in [-0.05, 0) is 53.3 Å². The maximum absolute atomic E-state index is 13.3. The molecule has 1 atom stereocenters. The van der Waals surface area contributed by atoms with Crippen LogP contribution in [0.5, 0.6) is 17.2 Å². The molecular formula is C25H28N2O5. The molecule has 1 unspecified atom stereocenters. The summed E-state index contributed by atoms with van der Waals surface area (Å²) in [6.45, 7) is 4.27. The molecule has 168 valence electrons. The number of hydrogen-bond donors (Lipinski definition) is 1. The largest absolute Gasteiger partial charge is 0.497 e. The molecule has 0 saturated heterocycles. The van der Waals surface area contributed by atoms with Gasteiger partial charge in [-0.1, -0.05) is 13.8 Å². The third-order valence-corrected chi connectivity index (χ3v) is 6.03. The summed E-state index contributed by atoms with van der Waals surface area (Å²) in [5.41, 5.74) is 2.88. The summed E-state index contributed by atoms with van der Waals surface area (Å²) < 4.78 is 16.3. The average molecular weight is 437 g/mol. The third-order valence-electron chi connectivity index (χ3n) is 6.03. The van der Waals surface area contributed by atoms with Crippen molar-refractivity contribution in [3.63, 3.8) is 0 Å². The highest BCUT2D eigenvalue weighted by molar-refractivity contribution is 5.82. The molecular weight excluding hydrogens is 408 g/mol. The lowest BCUT2D eigenvalue weighted by Crippen LogP contribution is -2.44. The zero-order chi connectivity index (χ0) is 23.0. The Labute approximate surface area is 186 Å². The molecule has 1 amide bonds. The van der Waals surface area contributed by atoms with Crippen LogP contribution in [0.3, 0.4) is 0 Å². The maximum Gasteiger partial charge on any atom is 0.254 e. The monoisotopic (exact) mass is 436 g/mol. The first kappa shape index (κ1) is 21.7. The highest BCUT2D eigenvalue weighted by Gasteiger charge is 2.35. The van der Waals surface area contributed by atoms with Crippen molar-refractivity contribution in [3.05, 3.63) is 63.4 Å². The van der Waals surface area contributed by atoms with Crippen LogP contribution in [0.1, 0.15) is 36.6 Å². The minimum absolute atomic E-state index is 0.00432. The lowest BCUT2D eigenvalue weighted by Gasteiger charge is -2.38. The van der Waals surface area contributed by atoms with Crippen LogP contribution in [0.15, 0.2) is 41.2 Å². The molecule has 0 aliphatic carbocycles. The van der Waals surface area contributed by atoms with Crippen LogP contribution in [0.2, 0.25) is 0 Å². The Balaban J connectivity index is 1.95. The number of H-pyrrole nitrogens is 1. The van der Waals surface area contributed by atoms with E-state index in [1.54, 1.807) is 32.3 Å². The number of carbonyl (C=O) groups is 1. The summed E-state index contributed by atoms with van der Waals surface area (Å²) in [7, 11) is 4.76. The van der Waals surface area contributed by atoms with Crippen LogP contribution in [0, 0.1) is 5.92 Å². The van der Waals surface area contributed by atoms with Gasteiger partial charge in [-0.2, -0.15) is 0 Å². The Bertz CT molecular complexity index is 1230. The topological polar surface area (TPSA) is 80.9 Å². The molecule has 0 fully saturated rings. The van der Waals surface area contributed by atoms with Gasteiger partial charge >= 0.3 is 0 Å². The van der Waals surface area contributed by atoms with Gasteiger partial charge in [0.1, 0.15) is 5.75 Å². The highest BCUT2D eigenvalue weighted by atomic mass is 16.5. The first-order chi connectivity index (χ1) is 15.4. The SMILES string of the molecule is COc1ccc2cc(C3c4cc(OC)c(OC)cc4CCN3C(=O)C(C)C)c(=O)[nH]c2c1. The zero-order valence-corrected chi connectivity index (χ0v) is 19.0. The number of nitrogens with zero attached hydrogens (tertiary/aromatic N) is 1. The molecule has 0 saturated carbocycles. The van der Waals surface area contributed by atoms with Gasteiger partial charge in [-0.25, -0.2) is 0 Å². The first-order valence-corrected chi connectivity index (χ1v) is 10.6. The van der Waals surface area contributed by atoms with E-state index < -0.39 is 6.04 Å². The van der Waals surface area contributed by atoms with Gasteiger partial charge in [0.15, 0.2) is 11.5 Å². The highest BCUT2D eigenvalue weighted by Crippen LogP contribution is 2.41. The minimum atomic E-state index is -0.524. The van der Waals surface area contributed by atoms with Gasteiger partial charge in [0.25, 0.3) is 5.56 Å². The molecule has 1 aliphatic rings. The Kier molecular flexibility index (Phi) is 5.82. The Morgan fingerprint density at radius 2 is 1.72 bits per heavy atom. The lowest BCUT2D eigenvalue weighted by molar-refractivity contribution is -0.136. The number of carbonyl (C=O) groups excluding carboxylic acids is 1. The van der Waals surface area contributed by atoms with E-state index in [1.165, 1.54) is 0 Å². The number of aromatic amines is 1. The van der Waals surface area contributed by atoms with Crippen molar-refractivity contribution in [2.45, 2.75) is 26.3 Å². The number of nitrogens with one attached hydrogen (secondary N) is 1. The summed E-state index contributed by atoms with van der Waals surface area (Å²) in [5.74, 6) is 1.68. The number of ether oxygens (including phenoxy) is 3. The van der Waals surface area contributed by atoms with Gasteiger partial charge in [-0.15, -0.1) is 0 Å². The van der Waals surface area contributed by atoms with Crippen molar-refractivity contribution in [2.24, 2.45) is 5.92 Å². The second-order valence-electron chi connectivity index (χ2n) is 8.25. The summed E-state index contributed by atoms with van der Waals surface area (Å²) >= 11 is 0. The standard InChI is InChI=1S/C25H28N2O5/c1-14(2)25(29)27-9-8-15-11-21(31-4)22(32-5)13-18(15)23(27)19-10-16-6-7-17(30-3)12-20(16)26-24(19)28/h6-7,10-14,23H,8-9H2,1-5H3,(H,26,28). The number of benzene rings is 2. The van der Waals surface area contributed by atoms with Crippen molar-refractivity contribution in [1.82, 2.24) is 9.88 Å². The normalized spacial score (nSPS) is 15.6. The molecule has 1 aliphatic heterocycles. The van der Waals surface area contributed by atoms with E-state index in [-0.39, 0.29) is 17.4 Å². The van der Waals surface area contributed by atoms with E-state index >= 15 is 0 Å². The molecule has 0 bridgehead atoms. The Morgan fingerprint density at radius 1 is 1.00 bits per heavy atom. The second-order valence-corrected chi connectivity index (χ2v) is 8.25.